The zero-order valence-corrected chi connectivity index (χ0v) is 28.4. The maximum absolute atomic E-state index is 5.39. The van der Waals surface area contributed by atoms with Gasteiger partial charge in [0, 0.05) is 16.5 Å². The van der Waals surface area contributed by atoms with E-state index >= 15 is 0 Å². The third kappa shape index (κ3) is 5.17. The highest BCUT2D eigenvalue weighted by Crippen LogP contribution is 2.48. The smallest absolute Gasteiger partial charge is 0.201 e. The van der Waals surface area contributed by atoms with Crippen molar-refractivity contribution in [3.8, 4) is 0 Å². The van der Waals surface area contributed by atoms with Crippen LogP contribution >= 0.6 is 0 Å². The lowest BCUT2D eigenvalue weighted by Gasteiger charge is -2.38. The Bertz CT molecular complexity index is 2510. The zero-order valence-electron chi connectivity index (χ0n) is 28.4. The van der Waals surface area contributed by atoms with Gasteiger partial charge < -0.3 is 9.88 Å². The van der Waals surface area contributed by atoms with Crippen molar-refractivity contribution >= 4 is 33.2 Å². The summed E-state index contributed by atoms with van der Waals surface area (Å²) in [4.78, 5) is 5.39. The Morgan fingerprint density at radius 1 is 0.510 bits per heavy atom. The van der Waals surface area contributed by atoms with Crippen LogP contribution in [0.1, 0.15) is 45.2 Å². The zero-order chi connectivity index (χ0) is 34.2. The van der Waals surface area contributed by atoms with Crippen LogP contribution in [0.15, 0.2) is 199 Å². The minimum atomic E-state index is -0.545. The molecule has 1 atom stereocenters. The van der Waals surface area contributed by atoms with Gasteiger partial charge in [-0.1, -0.05) is 170 Å². The lowest BCUT2D eigenvalue weighted by atomic mass is 9.64. The van der Waals surface area contributed by atoms with E-state index in [2.05, 4.69) is 211 Å². The molecule has 8 aromatic rings. The van der Waals surface area contributed by atoms with Gasteiger partial charge in [-0.3, -0.25) is 0 Å². The number of aryl methyl sites for hydroxylation is 1. The van der Waals surface area contributed by atoms with Gasteiger partial charge in [-0.25, -0.2) is 4.99 Å². The summed E-state index contributed by atoms with van der Waals surface area (Å²) >= 11 is 0. The number of fused-ring (bicyclic) bond motifs is 3. The number of hydrogen-bond acceptors (Lipinski definition) is 2. The summed E-state index contributed by atoms with van der Waals surface area (Å²) in [6.45, 7) is 2.23. The quantitative estimate of drug-likeness (QED) is 0.170. The maximum atomic E-state index is 5.39. The summed E-state index contributed by atoms with van der Waals surface area (Å²) < 4.78 is 2.37. The number of hydrogen-bond donors (Lipinski definition) is 1. The molecule has 2 heterocycles. The topological polar surface area (TPSA) is 29.3 Å². The van der Waals surface area contributed by atoms with E-state index in [1.165, 1.54) is 38.6 Å². The fraction of sp³-hybridized carbons (Fsp3) is 0.0625. The van der Waals surface area contributed by atoms with E-state index in [0.717, 1.165) is 33.6 Å². The number of aliphatic imine (C=N–C) groups is 1. The summed E-state index contributed by atoms with van der Waals surface area (Å²) in [5.41, 5.74) is 12.1. The highest BCUT2D eigenvalue weighted by Gasteiger charge is 2.39. The van der Waals surface area contributed by atoms with Gasteiger partial charge in [0.25, 0.3) is 0 Å². The van der Waals surface area contributed by atoms with E-state index in [-0.39, 0.29) is 6.29 Å². The molecule has 3 nitrogen and oxygen atoms in total. The molecule has 7 aromatic carbocycles. The molecule has 244 valence electrons. The van der Waals surface area contributed by atoms with Crippen molar-refractivity contribution in [3.63, 3.8) is 0 Å². The lowest BCUT2D eigenvalue weighted by Crippen LogP contribution is -2.32. The molecular weight excluding hydrogens is 619 g/mol. The fourth-order valence-electron chi connectivity index (χ4n) is 8.03. The lowest BCUT2D eigenvalue weighted by molar-refractivity contribution is 0.508. The molecule has 3 heteroatoms. The van der Waals surface area contributed by atoms with Crippen LogP contribution in [0.25, 0.3) is 27.5 Å². The maximum Gasteiger partial charge on any atom is 0.201 e. The third-order valence-corrected chi connectivity index (χ3v) is 10.3. The van der Waals surface area contributed by atoms with Crippen molar-refractivity contribution in [2.45, 2.75) is 18.6 Å². The van der Waals surface area contributed by atoms with E-state index in [4.69, 9.17) is 4.99 Å². The van der Waals surface area contributed by atoms with E-state index in [1.807, 2.05) is 0 Å². The van der Waals surface area contributed by atoms with Crippen molar-refractivity contribution < 1.29 is 0 Å². The van der Waals surface area contributed by atoms with Gasteiger partial charge in [0.1, 0.15) is 0 Å². The van der Waals surface area contributed by atoms with Gasteiger partial charge in [-0.05, 0) is 70.1 Å². The van der Waals surface area contributed by atoms with Crippen molar-refractivity contribution in [2.24, 2.45) is 4.99 Å². The number of para-hydroxylation sites is 1. The number of nitrogens with zero attached hydrogens (tertiary/aromatic N) is 2. The molecule has 0 fully saturated rings. The second-order valence-corrected chi connectivity index (χ2v) is 13.2. The molecule has 0 saturated heterocycles. The minimum absolute atomic E-state index is 0.363. The summed E-state index contributed by atoms with van der Waals surface area (Å²) in [5.74, 6) is 0. The number of benzene rings is 7. The molecule has 1 aromatic heterocycles. The Balaban J connectivity index is 1.31. The molecule has 1 N–H and O–H groups in total. The summed E-state index contributed by atoms with van der Waals surface area (Å²) in [5, 5.41) is 6.22. The Hall–Kier alpha value is -6.45. The van der Waals surface area contributed by atoms with Crippen molar-refractivity contribution in [1.29, 1.82) is 0 Å². The van der Waals surface area contributed by atoms with Gasteiger partial charge in [0.15, 0.2) is 0 Å². The Morgan fingerprint density at radius 2 is 1.06 bits per heavy atom. The Morgan fingerprint density at radius 3 is 1.73 bits per heavy atom. The normalized spacial score (nSPS) is 14.6. The van der Waals surface area contributed by atoms with E-state index in [1.54, 1.807) is 0 Å². The first-order valence-corrected chi connectivity index (χ1v) is 17.6. The number of nitrogens with one attached hydrogen (secondary N) is 1. The van der Waals surface area contributed by atoms with Crippen LogP contribution in [0, 0.1) is 6.92 Å². The Kier molecular flexibility index (Phi) is 7.67. The first kappa shape index (κ1) is 30.6. The van der Waals surface area contributed by atoms with Crippen LogP contribution < -0.4 is 5.32 Å². The van der Waals surface area contributed by atoms with Crippen LogP contribution in [0.2, 0.25) is 0 Å². The van der Waals surface area contributed by atoms with E-state index in [9.17, 15) is 0 Å². The molecule has 1 unspecified atom stereocenters. The minimum Gasteiger partial charge on any atom is -0.346 e. The van der Waals surface area contributed by atoms with Crippen LogP contribution in [-0.2, 0) is 5.41 Å². The second kappa shape index (κ2) is 12.8. The summed E-state index contributed by atoms with van der Waals surface area (Å²) in [6, 6.07) is 67.6. The third-order valence-electron chi connectivity index (χ3n) is 10.3. The average molecular weight is 656 g/mol. The molecule has 0 saturated carbocycles. The molecule has 51 heavy (non-hydrogen) atoms. The molecule has 9 rings (SSSR count). The second-order valence-electron chi connectivity index (χ2n) is 13.2. The van der Waals surface area contributed by atoms with Crippen molar-refractivity contribution in [2.75, 3.05) is 0 Å². The van der Waals surface area contributed by atoms with E-state index < -0.39 is 5.41 Å². The van der Waals surface area contributed by atoms with Crippen LogP contribution in [-0.4, -0.2) is 10.3 Å². The monoisotopic (exact) mass is 655 g/mol. The average Bonchev–Trinajstić information content (AvgIpc) is 3.54. The van der Waals surface area contributed by atoms with Crippen molar-refractivity contribution in [3.05, 3.63) is 233 Å². The number of rotatable bonds is 7. The first-order chi connectivity index (χ1) is 25.2. The summed E-state index contributed by atoms with van der Waals surface area (Å²) in [7, 11) is 0. The molecular formula is C48H37N3. The SMILES string of the molecule is Cc1ccccc1C(c1ccccc1)(c1ccccc1)c1ccc2c(c1)c1ccccc1n2C1N=C(c2ccccc2)C=C(c2ccccc2)N1. The van der Waals surface area contributed by atoms with Gasteiger partial charge in [-0.2, -0.15) is 0 Å². The molecule has 0 radical (unpaired) electrons. The van der Waals surface area contributed by atoms with Gasteiger partial charge in [0.05, 0.1) is 22.2 Å². The van der Waals surface area contributed by atoms with Gasteiger partial charge >= 0.3 is 0 Å². The fourth-order valence-corrected chi connectivity index (χ4v) is 8.03. The van der Waals surface area contributed by atoms with Crippen LogP contribution in [0.4, 0.5) is 0 Å². The molecule has 0 spiro atoms. The molecule has 1 aliphatic rings. The predicted molar refractivity (Wildman–Crippen MR) is 212 cm³/mol. The van der Waals surface area contributed by atoms with Gasteiger partial charge in [-0.15, -0.1) is 0 Å². The summed E-state index contributed by atoms with van der Waals surface area (Å²) in [6.07, 6.45) is 1.81. The number of aromatic nitrogens is 1. The Labute approximate surface area is 298 Å². The van der Waals surface area contributed by atoms with Crippen molar-refractivity contribution in [1.82, 2.24) is 9.88 Å². The highest BCUT2D eigenvalue weighted by molar-refractivity contribution is 6.13. The van der Waals surface area contributed by atoms with Crippen LogP contribution in [0.5, 0.6) is 0 Å². The van der Waals surface area contributed by atoms with Crippen LogP contribution in [0.3, 0.4) is 0 Å². The molecule has 1 aliphatic heterocycles. The molecule has 0 amide bonds. The largest absolute Gasteiger partial charge is 0.346 e. The molecule has 0 bridgehead atoms. The predicted octanol–water partition coefficient (Wildman–Crippen LogP) is 11.1. The standard InChI is InChI=1S/C48H37N3/c1-34-18-14-16-28-42(34)48(37-23-10-4-11-24-37,38-25-12-5-13-26-38)39-30-31-46-41(32-39)40-27-15-17-29-45(40)51(46)47-49-43(35-19-6-2-7-20-35)33-44(50-47)36-21-8-3-9-22-36/h2-33,47,49H,1H3. The van der Waals surface area contributed by atoms with Gasteiger partial charge in [0.2, 0.25) is 6.29 Å². The first-order valence-electron chi connectivity index (χ1n) is 17.6. The highest BCUT2D eigenvalue weighted by atomic mass is 15.3. The number of allylic oxidation sites excluding steroid dienone is 1. The van der Waals surface area contributed by atoms with E-state index in [0.29, 0.717) is 0 Å². The molecule has 0 aliphatic carbocycles.